The summed E-state index contributed by atoms with van der Waals surface area (Å²) >= 11 is 3.87. The van der Waals surface area contributed by atoms with Crippen LogP contribution in [0.25, 0.3) is 11.0 Å². The van der Waals surface area contributed by atoms with Crippen LogP contribution < -0.4 is 15.2 Å². The van der Waals surface area contributed by atoms with E-state index in [2.05, 4.69) is 39.1 Å². The minimum absolute atomic E-state index is 0.266. The van der Waals surface area contributed by atoms with Crippen LogP contribution in [-0.2, 0) is 6.54 Å². The van der Waals surface area contributed by atoms with Gasteiger partial charge in [0.2, 0.25) is 6.79 Å². The molecule has 0 amide bonds. The molecule has 0 saturated heterocycles. The highest BCUT2D eigenvalue weighted by Gasteiger charge is 2.19. The normalized spacial score (nSPS) is 12.9. The molecule has 0 bridgehead atoms. The Morgan fingerprint density at radius 1 is 1.33 bits per heavy atom. The minimum Gasteiger partial charge on any atom is -0.454 e. The second-order valence-electron chi connectivity index (χ2n) is 5.20. The molecule has 1 aliphatic heterocycles. The fourth-order valence-corrected chi connectivity index (χ4v) is 4.30. The SMILES string of the molecule is [CH2]CCn1c(Sc2cc3c(cc2I)OCO3)nc2c(N)nccc21. The number of hydrogen-bond acceptors (Lipinski definition) is 6. The summed E-state index contributed by atoms with van der Waals surface area (Å²) < 4.78 is 14.1. The Labute approximate surface area is 156 Å². The van der Waals surface area contributed by atoms with Crippen molar-refractivity contribution in [2.75, 3.05) is 12.5 Å². The number of rotatable bonds is 4. The average Bonchev–Trinajstić information content (AvgIpc) is 3.14. The molecule has 0 unspecified atom stereocenters. The van der Waals surface area contributed by atoms with Gasteiger partial charge in [-0.15, -0.1) is 0 Å². The van der Waals surface area contributed by atoms with E-state index in [-0.39, 0.29) is 6.79 Å². The van der Waals surface area contributed by atoms with Crippen LogP contribution in [-0.4, -0.2) is 21.3 Å². The van der Waals surface area contributed by atoms with E-state index in [4.69, 9.17) is 20.2 Å². The Morgan fingerprint density at radius 3 is 2.92 bits per heavy atom. The number of benzene rings is 1. The minimum atomic E-state index is 0.266. The van der Waals surface area contributed by atoms with Gasteiger partial charge < -0.3 is 19.8 Å². The highest BCUT2D eigenvalue weighted by atomic mass is 127. The van der Waals surface area contributed by atoms with E-state index >= 15 is 0 Å². The highest BCUT2D eigenvalue weighted by molar-refractivity contribution is 14.1. The largest absolute Gasteiger partial charge is 0.454 e. The van der Waals surface area contributed by atoms with Crippen molar-refractivity contribution in [2.24, 2.45) is 0 Å². The molecule has 8 heteroatoms. The van der Waals surface area contributed by atoms with E-state index in [0.29, 0.717) is 5.82 Å². The smallest absolute Gasteiger partial charge is 0.231 e. The summed E-state index contributed by atoms with van der Waals surface area (Å²) in [5.41, 5.74) is 7.68. The van der Waals surface area contributed by atoms with Gasteiger partial charge in [0, 0.05) is 21.2 Å². The molecule has 4 rings (SSSR count). The number of hydrogen-bond donors (Lipinski definition) is 1. The lowest BCUT2D eigenvalue weighted by atomic mass is 10.3. The lowest BCUT2D eigenvalue weighted by Gasteiger charge is -2.09. The Kier molecular flexibility index (Phi) is 4.17. The number of aromatic nitrogens is 3. The third kappa shape index (κ3) is 2.67. The lowest BCUT2D eigenvalue weighted by Crippen LogP contribution is -1.99. The Morgan fingerprint density at radius 2 is 2.12 bits per heavy atom. The van der Waals surface area contributed by atoms with Gasteiger partial charge in [0.15, 0.2) is 22.5 Å². The van der Waals surface area contributed by atoms with Crippen LogP contribution in [0.3, 0.4) is 0 Å². The maximum atomic E-state index is 5.98. The number of ether oxygens (including phenoxy) is 2. The first-order valence-electron chi connectivity index (χ1n) is 7.34. The molecule has 0 spiro atoms. The third-order valence-electron chi connectivity index (χ3n) is 3.67. The van der Waals surface area contributed by atoms with Crippen molar-refractivity contribution in [1.82, 2.24) is 14.5 Å². The summed E-state index contributed by atoms with van der Waals surface area (Å²) in [6, 6.07) is 5.91. The maximum absolute atomic E-state index is 5.98. The number of fused-ring (bicyclic) bond motifs is 2. The van der Waals surface area contributed by atoms with Crippen LogP contribution in [0.15, 0.2) is 34.4 Å². The summed E-state index contributed by atoms with van der Waals surface area (Å²) in [7, 11) is 0. The van der Waals surface area contributed by atoms with Crippen LogP contribution in [0.4, 0.5) is 5.82 Å². The standard InChI is InChI=1S/C16H14IN4O2S/c1-2-5-21-10-3-4-19-15(18)14(10)20-16(21)24-13-7-12-11(6-9(13)17)22-8-23-12/h3-4,6-7H,1-2,5,8H2,(H2,18,19). The van der Waals surface area contributed by atoms with Gasteiger partial charge in [-0.05, 0) is 47.2 Å². The fourth-order valence-electron chi connectivity index (χ4n) is 2.58. The summed E-state index contributed by atoms with van der Waals surface area (Å²) in [5, 5.41) is 0.866. The van der Waals surface area contributed by atoms with Crippen molar-refractivity contribution in [2.45, 2.75) is 23.0 Å². The van der Waals surface area contributed by atoms with Gasteiger partial charge in [0.25, 0.3) is 0 Å². The second kappa shape index (κ2) is 6.32. The number of nitrogens with zero attached hydrogens (tertiary/aromatic N) is 3. The number of nitrogens with two attached hydrogens (primary N) is 1. The quantitative estimate of drug-likeness (QED) is 0.607. The molecular weight excluding hydrogens is 439 g/mol. The summed E-state index contributed by atoms with van der Waals surface area (Å²) in [5.74, 6) is 1.99. The van der Waals surface area contributed by atoms with Gasteiger partial charge in [-0.1, -0.05) is 18.7 Å². The van der Waals surface area contributed by atoms with Gasteiger partial charge in [0.1, 0.15) is 5.52 Å². The number of halogens is 1. The molecule has 24 heavy (non-hydrogen) atoms. The molecule has 0 atom stereocenters. The van der Waals surface area contributed by atoms with E-state index in [1.165, 1.54) is 0 Å². The van der Waals surface area contributed by atoms with Crippen LogP contribution in [0.1, 0.15) is 6.42 Å². The van der Waals surface area contributed by atoms with Crippen LogP contribution in [0.5, 0.6) is 11.5 Å². The van der Waals surface area contributed by atoms with E-state index in [0.717, 1.165) is 49.1 Å². The molecule has 0 fully saturated rings. The van der Waals surface area contributed by atoms with E-state index in [1.54, 1.807) is 18.0 Å². The fraction of sp³-hybridized carbons (Fsp3) is 0.188. The van der Waals surface area contributed by atoms with E-state index in [9.17, 15) is 0 Å². The molecule has 0 aliphatic carbocycles. The summed E-state index contributed by atoms with van der Waals surface area (Å²) in [6.07, 6.45) is 2.47. The predicted molar refractivity (Wildman–Crippen MR) is 101 cm³/mol. The topological polar surface area (TPSA) is 75.2 Å². The van der Waals surface area contributed by atoms with Crippen LogP contribution in [0, 0.1) is 10.5 Å². The highest BCUT2D eigenvalue weighted by Crippen LogP contribution is 2.41. The van der Waals surface area contributed by atoms with Crippen molar-refractivity contribution in [3.63, 3.8) is 0 Å². The van der Waals surface area contributed by atoms with Crippen molar-refractivity contribution in [1.29, 1.82) is 0 Å². The zero-order valence-electron chi connectivity index (χ0n) is 12.7. The van der Waals surface area contributed by atoms with Gasteiger partial charge in [-0.3, -0.25) is 0 Å². The molecule has 1 radical (unpaired) electrons. The molecule has 3 aromatic rings. The lowest BCUT2D eigenvalue weighted by molar-refractivity contribution is 0.174. The third-order valence-corrected chi connectivity index (χ3v) is 5.98. The first-order chi connectivity index (χ1) is 11.7. The molecule has 2 aromatic heterocycles. The van der Waals surface area contributed by atoms with Crippen molar-refractivity contribution in [3.8, 4) is 11.5 Å². The van der Waals surface area contributed by atoms with Gasteiger partial charge >= 0.3 is 0 Å². The van der Waals surface area contributed by atoms with Crippen LogP contribution in [0.2, 0.25) is 0 Å². The Bertz CT molecular complexity index is 928. The molecule has 1 aliphatic rings. The molecule has 3 heterocycles. The van der Waals surface area contributed by atoms with Crippen molar-refractivity contribution in [3.05, 3.63) is 34.9 Å². The maximum Gasteiger partial charge on any atom is 0.231 e. The molecular formula is C16H14IN4O2S. The molecule has 6 nitrogen and oxygen atoms in total. The first-order valence-corrected chi connectivity index (χ1v) is 9.24. The molecule has 123 valence electrons. The number of aryl methyl sites for hydroxylation is 1. The summed E-state index contributed by atoms with van der Waals surface area (Å²) in [6.45, 7) is 4.99. The van der Waals surface area contributed by atoms with Gasteiger partial charge in [-0.25, -0.2) is 9.97 Å². The summed E-state index contributed by atoms with van der Waals surface area (Å²) in [4.78, 5) is 9.89. The Hall–Kier alpha value is -1.68. The number of anilines is 1. The predicted octanol–water partition coefficient (Wildman–Crippen LogP) is 3.72. The van der Waals surface area contributed by atoms with Crippen molar-refractivity contribution < 1.29 is 9.47 Å². The van der Waals surface area contributed by atoms with E-state index in [1.807, 2.05) is 18.2 Å². The first kappa shape index (κ1) is 15.8. The monoisotopic (exact) mass is 453 g/mol. The molecule has 2 N–H and O–H groups in total. The molecule has 1 aromatic carbocycles. The average molecular weight is 453 g/mol. The number of nitrogen functional groups attached to an aromatic ring is 1. The number of imidazole rings is 1. The Balaban J connectivity index is 1.80. The van der Waals surface area contributed by atoms with Crippen molar-refractivity contribution >= 4 is 51.2 Å². The van der Waals surface area contributed by atoms with Gasteiger partial charge in [0.05, 0.1) is 5.52 Å². The van der Waals surface area contributed by atoms with E-state index < -0.39 is 0 Å². The zero-order chi connectivity index (χ0) is 16.7. The molecule has 0 saturated carbocycles. The number of pyridine rings is 1. The second-order valence-corrected chi connectivity index (χ2v) is 7.37. The van der Waals surface area contributed by atoms with Crippen LogP contribution >= 0.6 is 34.4 Å². The zero-order valence-corrected chi connectivity index (χ0v) is 15.6. The van der Waals surface area contributed by atoms with Gasteiger partial charge in [-0.2, -0.15) is 0 Å².